The highest BCUT2D eigenvalue weighted by Crippen LogP contribution is 2.27. The number of carboxylic acid groups (broad SMARTS) is 1. The Bertz CT molecular complexity index is 601. The maximum atomic E-state index is 10.7. The SMILES string of the molecule is Cc1cc(C)c(C)c(Oc2nc(C(=O)O)co2)c1. The Morgan fingerprint density at radius 2 is 2.06 bits per heavy atom. The number of ether oxygens (including phenoxy) is 1. The van der Waals surface area contributed by atoms with E-state index in [0.717, 1.165) is 23.0 Å². The van der Waals surface area contributed by atoms with Crippen molar-refractivity contribution in [2.24, 2.45) is 0 Å². The van der Waals surface area contributed by atoms with Gasteiger partial charge in [-0.15, -0.1) is 0 Å². The number of aryl methyl sites for hydroxylation is 2. The monoisotopic (exact) mass is 247 g/mol. The third-order valence-electron chi connectivity index (χ3n) is 2.66. The van der Waals surface area contributed by atoms with Crippen LogP contribution in [-0.4, -0.2) is 16.1 Å². The zero-order chi connectivity index (χ0) is 13.3. The molecule has 0 amide bonds. The predicted molar refractivity (Wildman–Crippen MR) is 64.2 cm³/mol. The Morgan fingerprint density at radius 1 is 1.33 bits per heavy atom. The van der Waals surface area contributed by atoms with Crippen molar-refractivity contribution in [3.63, 3.8) is 0 Å². The van der Waals surface area contributed by atoms with Gasteiger partial charge >= 0.3 is 12.0 Å². The van der Waals surface area contributed by atoms with Crippen LogP contribution in [0.1, 0.15) is 27.2 Å². The Hall–Kier alpha value is -2.30. The standard InChI is InChI=1S/C13H13NO4/c1-7-4-8(2)9(3)11(5-7)18-13-14-10(6-17-13)12(15)16/h4-6H,1-3H3,(H,15,16). The van der Waals surface area contributed by atoms with E-state index < -0.39 is 5.97 Å². The molecule has 0 saturated heterocycles. The summed E-state index contributed by atoms with van der Waals surface area (Å²) in [4.78, 5) is 14.4. The smallest absolute Gasteiger partial charge is 0.399 e. The second-order valence-electron chi connectivity index (χ2n) is 4.11. The summed E-state index contributed by atoms with van der Waals surface area (Å²) in [5.41, 5.74) is 2.94. The lowest BCUT2D eigenvalue weighted by molar-refractivity contribution is 0.0690. The Morgan fingerprint density at radius 3 is 2.67 bits per heavy atom. The van der Waals surface area contributed by atoms with Gasteiger partial charge < -0.3 is 14.3 Å². The maximum Gasteiger partial charge on any atom is 0.399 e. The molecule has 0 aliphatic carbocycles. The number of rotatable bonds is 3. The normalized spacial score (nSPS) is 10.4. The third-order valence-corrected chi connectivity index (χ3v) is 2.66. The molecular weight excluding hydrogens is 234 g/mol. The first-order valence-electron chi connectivity index (χ1n) is 5.42. The van der Waals surface area contributed by atoms with Crippen LogP contribution in [0.15, 0.2) is 22.8 Å². The molecule has 0 atom stereocenters. The van der Waals surface area contributed by atoms with E-state index in [9.17, 15) is 4.79 Å². The lowest BCUT2D eigenvalue weighted by Gasteiger charge is -2.08. The molecule has 0 aliphatic rings. The Kier molecular flexibility index (Phi) is 3.06. The summed E-state index contributed by atoms with van der Waals surface area (Å²) in [5.74, 6) is -0.531. The molecule has 0 bridgehead atoms. The van der Waals surface area contributed by atoms with E-state index in [1.165, 1.54) is 0 Å². The van der Waals surface area contributed by atoms with E-state index in [0.29, 0.717) is 5.75 Å². The summed E-state index contributed by atoms with van der Waals surface area (Å²) in [6.07, 6.45) is 0.982. The van der Waals surface area contributed by atoms with Crippen molar-refractivity contribution in [2.75, 3.05) is 0 Å². The van der Waals surface area contributed by atoms with Crippen molar-refractivity contribution >= 4 is 5.97 Å². The number of carbonyl (C=O) groups is 1. The summed E-state index contributed by atoms with van der Waals surface area (Å²) in [6, 6.07) is 3.90. The molecule has 0 spiro atoms. The highest BCUT2D eigenvalue weighted by atomic mass is 16.6. The molecule has 0 radical (unpaired) electrons. The third kappa shape index (κ3) is 2.34. The minimum Gasteiger partial charge on any atom is -0.476 e. The molecule has 5 heteroatoms. The molecule has 94 valence electrons. The van der Waals surface area contributed by atoms with Crippen LogP contribution in [0.2, 0.25) is 0 Å². The maximum absolute atomic E-state index is 10.7. The number of hydrogen-bond acceptors (Lipinski definition) is 4. The first-order valence-corrected chi connectivity index (χ1v) is 5.42. The van der Waals surface area contributed by atoms with Crippen LogP contribution in [-0.2, 0) is 0 Å². The number of carboxylic acids is 1. The fraction of sp³-hybridized carbons (Fsp3) is 0.231. The number of nitrogens with zero attached hydrogens (tertiary/aromatic N) is 1. The fourth-order valence-electron chi connectivity index (χ4n) is 1.60. The minimum atomic E-state index is -1.15. The molecule has 1 N–H and O–H groups in total. The van der Waals surface area contributed by atoms with Gasteiger partial charge in [-0.25, -0.2) is 4.79 Å². The number of oxazole rings is 1. The van der Waals surface area contributed by atoms with Crippen molar-refractivity contribution in [1.29, 1.82) is 0 Å². The summed E-state index contributed by atoms with van der Waals surface area (Å²) in [6.45, 7) is 5.86. The van der Waals surface area contributed by atoms with Gasteiger partial charge in [-0.2, -0.15) is 4.98 Å². The summed E-state index contributed by atoms with van der Waals surface area (Å²) in [5, 5.41) is 8.73. The van der Waals surface area contributed by atoms with Gasteiger partial charge in [0.15, 0.2) is 5.69 Å². The van der Waals surface area contributed by atoms with Gasteiger partial charge in [0.1, 0.15) is 12.0 Å². The summed E-state index contributed by atoms with van der Waals surface area (Å²) in [7, 11) is 0. The van der Waals surface area contributed by atoms with Crippen molar-refractivity contribution in [1.82, 2.24) is 4.98 Å². The number of hydrogen-bond donors (Lipinski definition) is 1. The van der Waals surface area contributed by atoms with Crippen LogP contribution < -0.4 is 4.74 Å². The van der Waals surface area contributed by atoms with Crippen molar-refractivity contribution < 1.29 is 19.1 Å². The van der Waals surface area contributed by atoms with Gasteiger partial charge in [0.25, 0.3) is 0 Å². The van der Waals surface area contributed by atoms with Crippen LogP contribution >= 0.6 is 0 Å². The molecule has 1 aromatic carbocycles. The van der Waals surface area contributed by atoms with E-state index in [-0.39, 0.29) is 11.8 Å². The largest absolute Gasteiger partial charge is 0.476 e. The molecule has 2 rings (SSSR count). The average molecular weight is 247 g/mol. The second kappa shape index (κ2) is 4.52. The van der Waals surface area contributed by atoms with Crippen LogP contribution in [0.4, 0.5) is 0 Å². The molecule has 0 unspecified atom stereocenters. The molecule has 2 aromatic rings. The second-order valence-corrected chi connectivity index (χ2v) is 4.11. The van der Waals surface area contributed by atoms with Gasteiger partial charge in [0.2, 0.25) is 0 Å². The predicted octanol–water partition coefficient (Wildman–Crippen LogP) is 3.09. The van der Waals surface area contributed by atoms with Gasteiger partial charge in [0.05, 0.1) is 0 Å². The van der Waals surface area contributed by atoms with Crippen LogP contribution in [0.25, 0.3) is 0 Å². The van der Waals surface area contributed by atoms with E-state index in [2.05, 4.69) is 4.98 Å². The topological polar surface area (TPSA) is 72.6 Å². The zero-order valence-electron chi connectivity index (χ0n) is 10.4. The van der Waals surface area contributed by atoms with Gasteiger partial charge in [0, 0.05) is 0 Å². The number of benzene rings is 1. The zero-order valence-corrected chi connectivity index (χ0v) is 10.4. The molecule has 18 heavy (non-hydrogen) atoms. The lowest BCUT2D eigenvalue weighted by atomic mass is 10.1. The van der Waals surface area contributed by atoms with Gasteiger partial charge in [-0.05, 0) is 43.5 Å². The van der Waals surface area contributed by atoms with Crippen LogP contribution in [0, 0.1) is 20.8 Å². The van der Waals surface area contributed by atoms with E-state index in [1.54, 1.807) is 0 Å². The van der Waals surface area contributed by atoms with Gasteiger partial charge in [-0.1, -0.05) is 6.07 Å². The first-order chi connectivity index (χ1) is 8.47. The number of aromatic nitrogens is 1. The van der Waals surface area contributed by atoms with Crippen molar-refractivity contribution in [3.8, 4) is 11.8 Å². The molecular formula is C13H13NO4. The highest BCUT2D eigenvalue weighted by molar-refractivity contribution is 5.84. The first kappa shape index (κ1) is 12.2. The molecule has 1 aromatic heterocycles. The number of aromatic carboxylic acids is 1. The van der Waals surface area contributed by atoms with Crippen LogP contribution in [0.3, 0.4) is 0 Å². The molecule has 0 fully saturated rings. The van der Waals surface area contributed by atoms with E-state index in [1.807, 2.05) is 32.9 Å². The Balaban J connectivity index is 2.30. The summed E-state index contributed by atoms with van der Waals surface area (Å²) < 4.78 is 10.4. The quantitative estimate of drug-likeness (QED) is 0.902. The Labute approximate surface area is 104 Å². The molecule has 1 heterocycles. The van der Waals surface area contributed by atoms with E-state index >= 15 is 0 Å². The molecule has 0 aliphatic heterocycles. The molecule has 0 saturated carbocycles. The van der Waals surface area contributed by atoms with Gasteiger partial charge in [-0.3, -0.25) is 0 Å². The van der Waals surface area contributed by atoms with Crippen molar-refractivity contribution in [3.05, 3.63) is 40.8 Å². The average Bonchev–Trinajstić information content (AvgIpc) is 2.74. The molecule has 5 nitrogen and oxygen atoms in total. The minimum absolute atomic E-state index is 0.0690. The van der Waals surface area contributed by atoms with Crippen LogP contribution in [0.5, 0.6) is 11.8 Å². The summed E-state index contributed by atoms with van der Waals surface area (Å²) >= 11 is 0. The fourth-order valence-corrected chi connectivity index (χ4v) is 1.60. The highest BCUT2D eigenvalue weighted by Gasteiger charge is 2.13. The van der Waals surface area contributed by atoms with E-state index in [4.69, 9.17) is 14.3 Å². The lowest BCUT2D eigenvalue weighted by Crippen LogP contribution is -1.96. The van der Waals surface area contributed by atoms with Crippen molar-refractivity contribution in [2.45, 2.75) is 20.8 Å².